The summed E-state index contributed by atoms with van der Waals surface area (Å²) in [6.07, 6.45) is 2.29. The van der Waals surface area contributed by atoms with E-state index in [-0.39, 0.29) is 36.2 Å². The van der Waals surface area contributed by atoms with Crippen LogP contribution in [0.2, 0.25) is 0 Å². The zero-order valence-corrected chi connectivity index (χ0v) is 16.2. The van der Waals surface area contributed by atoms with Crippen LogP contribution in [0, 0.1) is 0 Å². The van der Waals surface area contributed by atoms with E-state index in [1.54, 1.807) is 0 Å². The van der Waals surface area contributed by atoms with Gasteiger partial charge in [0.05, 0.1) is 14.2 Å². The Morgan fingerprint density at radius 2 is 1.12 bits per heavy atom. The summed E-state index contributed by atoms with van der Waals surface area (Å²) in [5.74, 6) is -1.30. The van der Waals surface area contributed by atoms with Crippen LogP contribution in [0.4, 0.5) is 0 Å². The number of esters is 2. The second kappa shape index (κ2) is 13.8. The van der Waals surface area contributed by atoms with Crippen LogP contribution < -0.4 is 10.6 Å². The molecule has 2 atom stereocenters. The standard InChI is InChI=1S/C15H26N2O6S2/c1-22-14(20)10(8-24)16-12(18)6-4-3-5-7-13(19)17-11(9-25)15(21)23-2/h10-11,24-25H,3-9H2,1-2H3,(H,16,18)(H,17,19)/t10-,11-/m0/s1. The van der Waals surface area contributed by atoms with Crippen molar-refractivity contribution in [1.29, 1.82) is 0 Å². The van der Waals surface area contributed by atoms with Crippen molar-refractivity contribution >= 4 is 49.0 Å². The van der Waals surface area contributed by atoms with Gasteiger partial charge in [0, 0.05) is 24.3 Å². The molecule has 0 saturated heterocycles. The SMILES string of the molecule is COC(=O)[C@H](CS)NC(=O)CCCCCC(=O)N[C@@H](CS)C(=O)OC. The van der Waals surface area contributed by atoms with Crippen LogP contribution >= 0.6 is 25.3 Å². The lowest BCUT2D eigenvalue weighted by atomic mass is 10.1. The number of carbonyl (C=O) groups excluding carboxylic acids is 4. The molecule has 0 unspecified atom stereocenters. The van der Waals surface area contributed by atoms with Crippen LogP contribution in [0.25, 0.3) is 0 Å². The molecular formula is C15H26N2O6S2. The van der Waals surface area contributed by atoms with Crippen LogP contribution in [-0.4, -0.2) is 61.6 Å². The number of methoxy groups -OCH3 is 2. The minimum Gasteiger partial charge on any atom is -0.467 e. The average molecular weight is 395 g/mol. The molecule has 8 nitrogen and oxygen atoms in total. The summed E-state index contributed by atoms with van der Waals surface area (Å²) in [6.45, 7) is 0. The lowest BCUT2D eigenvalue weighted by Gasteiger charge is -2.14. The van der Waals surface area contributed by atoms with Gasteiger partial charge >= 0.3 is 11.9 Å². The molecule has 0 aliphatic heterocycles. The van der Waals surface area contributed by atoms with E-state index in [9.17, 15) is 19.2 Å². The number of unbranched alkanes of at least 4 members (excludes halogenated alkanes) is 2. The van der Waals surface area contributed by atoms with E-state index in [0.717, 1.165) is 0 Å². The molecule has 0 aliphatic carbocycles. The second-order valence-electron chi connectivity index (χ2n) is 5.21. The molecule has 0 aromatic carbocycles. The fourth-order valence-corrected chi connectivity index (χ4v) is 2.40. The Kier molecular flexibility index (Phi) is 13.0. The maximum Gasteiger partial charge on any atom is 0.329 e. The van der Waals surface area contributed by atoms with Crippen molar-refractivity contribution < 1.29 is 28.7 Å². The minimum absolute atomic E-state index is 0.158. The summed E-state index contributed by atoms with van der Waals surface area (Å²) in [7, 11) is 2.49. The predicted octanol–water partition coefficient (Wildman–Crippen LogP) is 0.112. The molecule has 0 aromatic rings. The van der Waals surface area contributed by atoms with Crippen molar-refractivity contribution in [2.45, 2.75) is 44.2 Å². The van der Waals surface area contributed by atoms with Gasteiger partial charge in [0.2, 0.25) is 11.8 Å². The Bertz CT molecular complexity index is 421. The van der Waals surface area contributed by atoms with Gasteiger partial charge in [-0.25, -0.2) is 9.59 Å². The quantitative estimate of drug-likeness (QED) is 0.212. The highest BCUT2D eigenvalue weighted by atomic mass is 32.1. The molecule has 0 rings (SSSR count). The zero-order chi connectivity index (χ0) is 19.2. The second-order valence-corrected chi connectivity index (χ2v) is 5.94. The number of carbonyl (C=O) groups is 4. The van der Waals surface area contributed by atoms with Crippen LogP contribution in [0.15, 0.2) is 0 Å². The molecule has 0 heterocycles. The lowest BCUT2D eigenvalue weighted by Crippen LogP contribution is -2.43. The van der Waals surface area contributed by atoms with Gasteiger partial charge in [0.15, 0.2) is 0 Å². The Labute approximate surface area is 158 Å². The Hall–Kier alpha value is -1.42. The van der Waals surface area contributed by atoms with E-state index in [0.29, 0.717) is 19.3 Å². The third-order valence-corrected chi connectivity index (χ3v) is 4.04. The smallest absolute Gasteiger partial charge is 0.329 e. The highest BCUT2D eigenvalue weighted by Gasteiger charge is 2.20. The highest BCUT2D eigenvalue weighted by Crippen LogP contribution is 2.04. The Balaban J connectivity index is 3.94. The number of hydrogen-bond acceptors (Lipinski definition) is 8. The number of hydrogen-bond donors (Lipinski definition) is 4. The van der Waals surface area contributed by atoms with Crippen molar-refractivity contribution in [1.82, 2.24) is 10.6 Å². The number of nitrogens with one attached hydrogen (secondary N) is 2. The molecule has 0 aliphatic rings. The maximum atomic E-state index is 11.7. The normalized spacial score (nSPS) is 12.6. The van der Waals surface area contributed by atoms with Gasteiger partial charge in [-0.2, -0.15) is 25.3 Å². The number of amides is 2. The van der Waals surface area contributed by atoms with E-state index in [4.69, 9.17) is 0 Å². The number of thiol groups is 2. The molecule has 0 radical (unpaired) electrons. The molecule has 0 bridgehead atoms. The van der Waals surface area contributed by atoms with Crippen molar-refractivity contribution in [3.8, 4) is 0 Å². The maximum absolute atomic E-state index is 11.7. The predicted molar refractivity (Wildman–Crippen MR) is 98.7 cm³/mol. The summed E-state index contributed by atoms with van der Waals surface area (Å²) in [5, 5.41) is 5.08. The third kappa shape index (κ3) is 10.2. The van der Waals surface area contributed by atoms with E-state index < -0.39 is 24.0 Å². The fraction of sp³-hybridized carbons (Fsp3) is 0.733. The Morgan fingerprint density at radius 1 is 0.760 bits per heavy atom. The summed E-state index contributed by atoms with van der Waals surface area (Å²) in [6, 6.07) is -1.52. The molecular weight excluding hydrogens is 368 g/mol. The van der Waals surface area contributed by atoms with Crippen LogP contribution in [0.3, 0.4) is 0 Å². The van der Waals surface area contributed by atoms with E-state index in [2.05, 4.69) is 45.4 Å². The summed E-state index contributed by atoms with van der Waals surface area (Å²) in [5.41, 5.74) is 0. The van der Waals surface area contributed by atoms with Gasteiger partial charge in [-0.05, 0) is 12.8 Å². The van der Waals surface area contributed by atoms with Crippen molar-refractivity contribution in [3.63, 3.8) is 0 Å². The van der Waals surface area contributed by atoms with Crippen LogP contribution in [-0.2, 0) is 28.7 Å². The van der Waals surface area contributed by atoms with Crippen molar-refractivity contribution in [2.24, 2.45) is 0 Å². The van der Waals surface area contributed by atoms with Gasteiger partial charge < -0.3 is 20.1 Å². The zero-order valence-electron chi connectivity index (χ0n) is 14.4. The minimum atomic E-state index is -0.761. The first-order chi connectivity index (χ1) is 11.9. The first-order valence-electron chi connectivity index (χ1n) is 7.85. The molecule has 10 heteroatoms. The molecule has 2 N–H and O–H groups in total. The molecule has 144 valence electrons. The monoisotopic (exact) mass is 394 g/mol. The molecule has 2 amide bonds. The fourth-order valence-electron chi connectivity index (χ4n) is 1.92. The molecule has 0 fully saturated rings. The third-order valence-electron chi connectivity index (χ3n) is 3.31. The van der Waals surface area contributed by atoms with Gasteiger partial charge in [-0.3, -0.25) is 9.59 Å². The topological polar surface area (TPSA) is 111 Å². The van der Waals surface area contributed by atoms with Crippen LogP contribution in [0.1, 0.15) is 32.1 Å². The summed E-state index contributed by atoms with van der Waals surface area (Å²) < 4.78 is 9.11. The average Bonchev–Trinajstić information content (AvgIpc) is 2.62. The summed E-state index contributed by atoms with van der Waals surface area (Å²) in [4.78, 5) is 46.1. The van der Waals surface area contributed by atoms with E-state index >= 15 is 0 Å². The van der Waals surface area contributed by atoms with Crippen molar-refractivity contribution in [2.75, 3.05) is 25.7 Å². The molecule has 0 aromatic heterocycles. The van der Waals surface area contributed by atoms with Gasteiger partial charge in [0.25, 0.3) is 0 Å². The van der Waals surface area contributed by atoms with Gasteiger partial charge in [-0.1, -0.05) is 6.42 Å². The first kappa shape index (κ1) is 23.6. The van der Waals surface area contributed by atoms with Gasteiger partial charge in [-0.15, -0.1) is 0 Å². The molecule has 0 spiro atoms. The lowest BCUT2D eigenvalue weighted by molar-refractivity contribution is -0.144. The Morgan fingerprint density at radius 3 is 1.40 bits per heavy atom. The van der Waals surface area contributed by atoms with Crippen molar-refractivity contribution in [3.05, 3.63) is 0 Å². The first-order valence-corrected chi connectivity index (χ1v) is 9.12. The largest absolute Gasteiger partial charge is 0.467 e. The highest BCUT2D eigenvalue weighted by molar-refractivity contribution is 7.80. The van der Waals surface area contributed by atoms with Gasteiger partial charge in [0.1, 0.15) is 12.1 Å². The molecule has 0 saturated carbocycles. The van der Waals surface area contributed by atoms with E-state index in [1.807, 2.05) is 0 Å². The number of ether oxygens (including phenoxy) is 2. The van der Waals surface area contributed by atoms with E-state index in [1.165, 1.54) is 14.2 Å². The van der Waals surface area contributed by atoms with Crippen LogP contribution in [0.5, 0.6) is 0 Å². The molecule has 25 heavy (non-hydrogen) atoms. The number of rotatable bonds is 12. The summed E-state index contributed by atoms with van der Waals surface area (Å²) >= 11 is 7.98.